The Balaban J connectivity index is 0.00000320. The number of guanidine groups is 1. The van der Waals surface area contributed by atoms with Crippen LogP contribution >= 0.6 is 24.0 Å². The van der Waals surface area contributed by atoms with E-state index in [0.717, 1.165) is 63.4 Å². The van der Waals surface area contributed by atoms with Gasteiger partial charge in [0.2, 0.25) is 0 Å². The van der Waals surface area contributed by atoms with Crippen LogP contribution in [0.1, 0.15) is 31.4 Å². The number of nitrogens with one attached hydrogen (secondary N) is 1. The lowest BCUT2D eigenvalue weighted by Gasteiger charge is -2.37. The molecule has 0 saturated carbocycles. The van der Waals surface area contributed by atoms with Crippen molar-refractivity contribution >= 4 is 29.9 Å². The van der Waals surface area contributed by atoms with Gasteiger partial charge in [-0.3, -0.25) is 9.89 Å². The van der Waals surface area contributed by atoms with Crippen LogP contribution in [0.3, 0.4) is 0 Å². The molecule has 0 spiro atoms. The molecule has 2 aliphatic heterocycles. The molecule has 0 bridgehead atoms. The van der Waals surface area contributed by atoms with Crippen LogP contribution in [0.15, 0.2) is 23.2 Å². The van der Waals surface area contributed by atoms with Crippen LogP contribution in [0.2, 0.25) is 0 Å². The molecule has 0 aromatic heterocycles. The van der Waals surface area contributed by atoms with Crippen molar-refractivity contribution in [3.05, 3.63) is 23.8 Å². The monoisotopic (exact) mass is 532 g/mol. The first-order valence-electron chi connectivity index (χ1n) is 10.7. The van der Waals surface area contributed by atoms with Gasteiger partial charge in [-0.25, -0.2) is 0 Å². The summed E-state index contributed by atoms with van der Waals surface area (Å²) in [5.74, 6) is 3.22. The molecule has 0 radical (unpaired) electrons. The summed E-state index contributed by atoms with van der Waals surface area (Å²) in [5.41, 5.74) is 1.21. The number of hydrogen-bond acceptors (Lipinski definition) is 5. The molecule has 0 aliphatic carbocycles. The van der Waals surface area contributed by atoms with Gasteiger partial charge in [0.15, 0.2) is 17.5 Å². The largest absolute Gasteiger partial charge is 0.493 e. The topological polar surface area (TPSA) is 58.6 Å². The zero-order valence-corrected chi connectivity index (χ0v) is 21.1. The molecule has 2 saturated heterocycles. The normalized spacial score (nSPS) is 21.5. The highest BCUT2D eigenvalue weighted by Gasteiger charge is 2.26. The minimum atomic E-state index is 0. The van der Waals surface area contributed by atoms with Crippen molar-refractivity contribution in [1.82, 2.24) is 15.1 Å². The van der Waals surface area contributed by atoms with Crippen molar-refractivity contribution in [3.63, 3.8) is 0 Å². The standard InChI is InChI=1S/C22H36N4O3.HI/c1-17-6-5-9-26(16-17)22(23-2)24-15-19(25-10-12-29-13-11-25)18-7-8-20(27-3)21(14-18)28-4;/h7-8,14,17,19H,5-6,9-13,15-16H2,1-4H3,(H,23,24);1H. The average Bonchev–Trinajstić information content (AvgIpc) is 2.77. The van der Waals surface area contributed by atoms with Gasteiger partial charge >= 0.3 is 0 Å². The average molecular weight is 532 g/mol. The number of aliphatic imine (C=N–C) groups is 1. The molecule has 1 aromatic rings. The number of likely N-dealkylation sites (tertiary alicyclic amines) is 1. The van der Waals surface area contributed by atoms with E-state index in [4.69, 9.17) is 14.2 Å². The highest BCUT2D eigenvalue weighted by atomic mass is 127. The van der Waals surface area contributed by atoms with Crippen LogP contribution in [0.25, 0.3) is 0 Å². The molecule has 170 valence electrons. The van der Waals surface area contributed by atoms with E-state index in [1.807, 2.05) is 13.1 Å². The Kier molecular flexibility index (Phi) is 10.5. The van der Waals surface area contributed by atoms with Crippen LogP contribution in [0, 0.1) is 5.92 Å². The second kappa shape index (κ2) is 12.6. The molecule has 7 nitrogen and oxygen atoms in total. The Bertz CT molecular complexity index is 682. The Morgan fingerprint density at radius 1 is 1.20 bits per heavy atom. The van der Waals surface area contributed by atoms with Crippen LogP contribution in [-0.4, -0.2) is 83.0 Å². The van der Waals surface area contributed by atoms with Gasteiger partial charge < -0.3 is 24.4 Å². The van der Waals surface area contributed by atoms with Crippen LogP contribution in [0.5, 0.6) is 11.5 Å². The van der Waals surface area contributed by atoms with Gasteiger partial charge in [0.05, 0.1) is 33.5 Å². The number of rotatable bonds is 6. The van der Waals surface area contributed by atoms with Crippen LogP contribution in [-0.2, 0) is 4.74 Å². The molecule has 2 fully saturated rings. The van der Waals surface area contributed by atoms with Gasteiger partial charge in [-0.1, -0.05) is 13.0 Å². The van der Waals surface area contributed by atoms with Crippen LogP contribution in [0.4, 0.5) is 0 Å². The van der Waals surface area contributed by atoms with Gasteiger partial charge in [-0.2, -0.15) is 0 Å². The molecular formula is C22H37IN4O3. The van der Waals surface area contributed by atoms with Crippen molar-refractivity contribution in [3.8, 4) is 11.5 Å². The maximum absolute atomic E-state index is 5.58. The molecule has 8 heteroatoms. The number of nitrogens with zero attached hydrogens (tertiary/aromatic N) is 3. The zero-order valence-electron chi connectivity index (χ0n) is 18.7. The maximum atomic E-state index is 5.58. The first-order chi connectivity index (χ1) is 14.2. The summed E-state index contributed by atoms with van der Waals surface area (Å²) in [7, 11) is 5.23. The number of ether oxygens (including phenoxy) is 3. The Hall–Kier alpha value is -1.26. The van der Waals surface area contributed by atoms with E-state index in [0.29, 0.717) is 5.92 Å². The number of piperidine rings is 1. The summed E-state index contributed by atoms with van der Waals surface area (Å²) in [4.78, 5) is 9.43. The Morgan fingerprint density at radius 2 is 1.93 bits per heavy atom. The number of benzene rings is 1. The van der Waals surface area contributed by atoms with E-state index >= 15 is 0 Å². The summed E-state index contributed by atoms with van der Waals surface area (Å²) in [6.45, 7) is 8.61. The maximum Gasteiger partial charge on any atom is 0.193 e. The van der Waals surface area contributed by atoms with Gasteiger partial charge in [-0.05, 0) is 36.5 Å². The Labute approximate surface area is 198 Å². The first-order valence-corrected chi connectivity index (χ1v) is 10.7. The second-order valence-corrected chi connectivity index (χ2v) is 7.90. The summed E-state index contributed by atoms with van der Waals surface area (Å²) < 4.78 is 16.6. The molecule has 2 aliphatic rings. The fraction of sp³-hybridized carbons (Fsp3) is 0.682. The summed E-state index contributed by atoms with van der Waals surface area (Å²) in [6, 6.07) is 6.42. The minimum Gasteiger partial charge on any atom is -0.493 e. The van der Waals surface area contributed by atoms with Gasteiger partial charge in [0, 0.05) is 39.8 Å². The third-order valence-corrected chi connectivity index (χ3v) is 5.90. The lowest BCUT2D eigenvalue weighted by atomic mass is 10.0. The second-order valence-electron chi connectivity index (χ2n) is 7.90. The zero-order chi connectivity index (χ0) is 20.6. The fourth-order valence-electron chi connectivity index (χ4n) is 4.31. The molecule has 2 unspecified atom stereocenters. The first kappa shape index (κ1) is 25.0. The molecule has 1 N–H and O–H groups in total. The van der Waals surface area contributed by atoms with Crippen molar-refractivity contribution in [1.29, 1.82) is 0 Å². The van der Waals surface area contributed by atoms with Gasteiger partial charge in [-0.15, -0.1) is 24.0 Å². The molecule has 2 atom stereocenters. The van der Waals surface area contributed by atoms with Gasteiger partial charge in [0.25, 0.3) is 0 Å². The number of morpholine rings is 1. The number of methoxy groups -OCH3 is 2. The third kappa shape index (κ3) is 6.37. The van der Waals surface area contributed by atoms with E-state index in [1.165, 1.54) is 18.4 Å². The van der Waals surface area contributed by atoms with Crippen molar-refractivity contribution < 1.29 is 14.2 Å². The van der Waals surface area contributed by atoms with E-state index < -0.39 is 0 Å². The molecule has 0 amide bonds. The molecule has 1 aromatic carbocycles. The summed E-state index contributed by atoms with van der Waals surface area (Å²) >= 11 is 0. The van der Waals surface area contributed by atoms with Crippen molar-refractivity contribution in [2.24, 2.45) is 10.9 Å². The van der Waals surface area contributed by atoms with Crippen molar-refractivity contribution in [2.45, 2.75) is 25.8 Å². The highest BCUT2D eigenvalue weighted by molar-refractivity contribution is 14.0. The number of hydrogen-bond donors (Lipinski definition) is 1. The van der Waals surface area contributed by atoms with Crippen LogP contribution < -0.4 is 14.8 Å². The number of halogens is 1. The molecule has 3 rings (SSSR count). The lowest BCUT2D eigenvalue weighted by Crippen LogP contribution is -2.49. The molecule has 30 heavy (non-hydrogen) atoms. The predicted octanol–water partition coefficient (Wildman–Crippen LogP) is 3.00. The molecule has 2 heterocycles. The van der Waals surface area contributed by atoms with E-state index in [9.17, 15) is 0 Å². The SMILES string of the molecule is CN=C(NCC(c1ccc(OC)c(OC)c1)N1CCOCC1)N1CCCC(C)C1.I. The van der Waals surface area contributed by atoms with E-state index in [-0.39, 0.29) is 30.0 Å². The highest BCUT2D eigenvalue weighted by Crippen LogP contribution is 2.32. The summed E-state index contributed by atoms with van der Waals surface area (Å²) in [6.07, 6.45) is 2.53. The summed E-state index contributed by atoms with van der Waals surface area (Å²) in [5, 5.41) is 3.64. The van der Waals surface area contributed by atoms with Crippen molar-refractivity contribution in [2.75, 3.05) is 67.2 Å². The smallest absolute Gasteiger partial charge is 0.193 e. The third-order valence-electron chi connectivity index (χ3n) is 5.90. The predicted molar refractivity (Wildman–Crippen MR) is 131 cm³/mol. The quantitative estimate of drug-likeness (QED) is 0.346. The minimum absolute atomic E-state index is 0. The van der Waals surface area contributed by atoms with E-state index in [1.54, 1.807) is 14.2 Å². The molecular weight excluding hydrogens is 495 g/mol. The fourth-order valence-corrected chi connectivity index (χ4v) is 4.31. The lowest BCUT2D eigenvalue weighted by molar-refractivity contribution is 0.0168. The van der Waals surface area contributed by atoms with E-state index in [2.05, 4.69) is 39.2 Å². The Morgan fingerprint density at radius 3 is 2.57 bits per heavy atom. The van der Waals surface area contributed by atoms with Gasteiger partial charge in [0.1, 0.15) is 0 Å².